The Morgan fingerprint density at radius 2 is 2.04 bits per heavy atom. The van der Waals surface area contributed by atoms with Gasteiger partial charge in [-0.3, -0.25) is 4.79 Å². The molecule has 1 aromatic carbocycles. The van der Waals surface area contributed by atoms with Crippen LogP contribution in [0.5, 0.6) is 5.75 Å². The molecule has 0 saturated heterocycles. The largest absolute Gasteiger partial charge is 0.505 e. The van der Waals surface area contributed by atoms with Crippen LogP contribution in [0.25, 0.3) is 0 Å². The number of rotatable bonds is 4. The topological polar surface area (TPSA) is 71.8 Å². The van der Waals surface area contributed by atoms with Gasteiger partial charge in [0.15, 0.2) is 11.4 Å². The first-order chi connectivity index (χ1) is 11.9. The lowest BCUT2D eigenvalue weighted by Gasteiger charge is -2.28. The van der Waals surface area contributed by atoms with Gasteiger partial charge in [-0.15, -0.1) is 0 Å². The van der Waals surface area contributed by atoms with Crippen molar-refractivity contribution in [3.8, 4) is 5.75 Å². The van der Waals surface area contributed by atoms with Crippen LogP contribution in [0.3, 0.4) is 0 Å². The molecule has 2 aromatic rings. The van der Waals surface area contributed by atoms with Crippen LogP contribution in [0.4, 0.5) is 0 Å². The number of amides is 1. The lowest BCUT2D eigenvalue weighted by Crippen LogP contribution is -2.39. The summed E-state index contributed by atoms with van der Waals surface area (Å²) in [4.78, 5) is 26.2. The van der Waals surface area contributed by atoms with Gasteiger partial charge < -0.3 is 19.3 Å². The zero-order chi connectivity index (χ0) is 18.1. The highest BCUT2D eigenvalue weighted by atomic mass is 35.5. The number of aromatic hydroxyl groups is 1. The fourth-order valence-electron chi connectivity index (χ4n) is 2.79. The SMILES string of the molecule is CCOC(=O)c1cn2c(c1O)C(=O)N(Cc1ccc(Cl)c(Cl)c1)CC2. The van der Waals surface area contributed by atoms with E-state index in [2.05, 4.69) is 0 Å². The first-order valence-electron chi connectivity index (χ1n) is 7.74. The quantitative estimate of drug-likeness (QED) is 0.823. The number of esters is 1. The molecule has 0 fully saturated rings. The van der Waals surface area contributed by atoms with E-state index in [-0.39, 0.29) is 29.5 Å². The van der Waals surface area contributed by atoms with E-state index in [9.17, 15) is 14.7 Å². The molecule has 25 heavy (non-hydrogen) atoms. The molecular weight excluding hydrogens is 367 g/mol. The Hall–Kier alpha value is -2.18. The molecule has 2 heterocycles. The zero-order valence-electron chi connectivity index (χ0n) is 13.5. The van der Waals surface area contributed by atoms with Crippen molar-refractivity contribution in [3.05, 3.63) is 51.3 Å². The maximum absolute atomic E-state index is 12.7. The standard InChI is InChI=1S/C17H16Cl2N2O4/c1-2-25-17(24)11-9-20-5-6-21(16(23)14(20)15(11)22)8-10-3-4-12(18)13(19)7-10/h3-4,7,9,22H,2,5-6,8H2,1H3. The fourth-order valence-corrected chi connectivity index (χ4v) is 3.11. The maximum atomic E-state index is 12.7. The van der Waals surface area contributed by atoms with Crippen LogP contribution in [0.2, 0.25) is 10.0 Å². The van der Waals surface area contributed by atoms with Crippen molar-refractivity contribution in [2.24, 2.45) is 0 Å². The molecule has 0 atom stereocenters. The van der Waals surface area contributed by atoms with Gasteiger partial charge in [-0.25, -0.2) is 4.79 Å². The summed E-state index contributed by atoms with van der Waals surface area (Å²) in [6.45, 7) is 3.11. The number of halogens is 2. The molecule has 0 radical (unpaired) electrons. The van der Waals surface area contributed by atoms with Crippen LogP contribution in [0, 0.1) is 0 Å². The van der Waals surface area contributed by atoms with E-state index in [1.165, 1.54) is 6.20 Å². The second kappa shape index (κ2) is 6.98. The first-order valence-corrected chi connectivity index (χ1v) is 8.50. The number of benzene rings is 1. The summed E-state index contributed by atoms with van der Waals surface area (Å²) in [5.41, 5.74) is 0.920. The Balaban J connectivity index is 1.85. The smallest absolute Gasteiger partial charge is 0.343 e. The second-order valence-electron chi connectivity index (χ2n) is 5.63. The molecule has 132 valence electrons. The van der Waals surface area contributed by atoms with E-state index in [0.29, 0.717) is 29.7 Å². The fraction of sp³-hybridized carbons (Fsp3) is 0.294. The predicted molar refractivity (Wildman–Crippen MR) is 93.3 cm³/mol. The molecule has 3 rings (SSSR count). The zero-order valence-corrected chi connectivity index (χ0v) is 15.0. The average molecular weight is 383 g/mol. The first kappa shape index (κ1) is 17.6. The van der Waals surface area contributed by atoms with Gasteiger partial charge in [-0.1, -0.05) is 29.3 Å². The summed E-state index contributed by atoms with van der Waals surface area (Å²) < 4.78 is 6.48. The second-order valence-corrected chi connectivity index (χ2v) is 6.44. The minimum absolute atomic E-state index is 0.00147. The summed E-state index contributed by atoms with van der Waals surface area (Å²) in [7, 11) is 0. The van der Waals surface area contributed by atoms with E-state index in [1.54, 1.807) is 34.6 Å². The molecule has 0 aliphatic carbocycles. The highest BCUT2D eigenvalue weighted by Gasteiger charge is 2.32. The number of nitrogens with zero attached hydrogens (tertiary/aromatic N) is 2. The van der Waals surface area contributed by atoms with Gasteiger partial charge in [0.25, 0.3) is 5.91 Å². The van der Waals surface area contributed by atoms with E-state index >= 15 is 0 Å². The minimum atomic E-state index is -0.647. The van der Waals surface area contributed by atoms with E-state index in [1.807, 2.05) is 0 Å². The van der Waals surface area contributed by atoms with Crippen molar-refractivity contribution < 1.29 is 19.4 Å². The summed E-state index contributed by atoms with van der Waals surface area (Å²) in [5, 5.41) is 11.2. The maximum Gasteiger partial charge on any atom is 0.343 e. The Labute approximate surface area is 154 Å². The Bertz CT molecular complexity index is 847. The highest BCUT2D eigenvalue weighted by Crippen LogP contribution is 2.30. The molecule has 0 saturated carbocycles. The predicted octanol–water partition coefficient (Wildman–Crippen LogP) is 3.33. The van der Waals surface area contributed by atoms with Crippen LogP contribution < -0.4 is 0 Å². The van der Waals surface area contributed by atoms with Crippen LogP contribution >= 0.6 is 23.2 Å². The third kappa shape index (κ3) is 3.32. The monoisotopic (exact) mass is 382 g/mol. The Morgan fingerprint density at radius 1 is 1.28 bits per heavy atom. The number of ether oxygens (including phenoxy) is 1. The minimum Gasteiger partial charge on any atom is -0.505 e. The van der Waals surface area contributed by atoms with Gasteiger partial charge in [-0.05, 0) is 24.6 Å². The van der Waals surface area contributed by atoms with E-state index in [4.69, 9.17) is 27.9 Å². The van der Waals surface area contributed by atoms with Gasteiger partial charge in [0.2, 0.25) is 0 Å². The van der Waals surface area contributed by atoms with E-state index < -0.39 is 5.97 Å². The molecule has 0 unspecified atom stereocenters. The molecule has 1 aliphatic rings. The number of carbonyl (C=O) groups is 2. The van der Waals surface area contributed by atoms with Gasteiger partial charge in [0.05, 0.1) is 16.7 Å². The molecular formula is C17H16Cl2N2O4. The van der Waals surface area contributed by atoms with Gasteiger partial charge >= 0.3 is 5.97 Å². The summed E-state index contributed by atoms with van der Waals surface area (Å²) in [5.74, 6) is -1.35. The van der Waals surface area contributed by atoms with Crippen LogP contribution in [-0.4, -0.2) is 39.6 Å². The van der Waals surface area contributed by atoms with Crippen molar-refractivity contribution >= 4 is 35.1 Å². The molecule has 1 amide bonds. The number of fused-ring (bicyclic) bond motifs is 1. The normalized spacial score (nSPS) is 13.7. The third-order valence-electron chi connectivity index (χ3n) is 4.00. The van der Waals surface area contributed by atoms with E-state index in [0.717, 1.165) is 5.56 Å². The van der Waals surface area contributed by atoms with Crippen molar-refractivity contribution in [1.82, 2.24) is 9.47 Å². The van der Waals surface area contributed by atoms with Crippen LogP contribution in [0.15, 0.2) is 24.4 Å². The van der Waals surface area contributed by atoms with Crippen molar-refractivity contribution in [1.29, 1.82) is 0 Å². The summed E-state index contributed by atoms with van der Waals surface area (Å²) in [6.07, 6.45) is 1.46. The Morgan fingerprint density at radius 3 is 2.72 bits per heavy atom. The van der Waals surface area contributed by atoms with Crippen molar-refractivity contribution in [3.63, 3.8) is 0 Å². The van der Waals surface area contributed by atoms with Crippen molar-refractivity contribution in [2.75, 3.05) is 13.2 Å². The highest BCUT2D eigenvalue weighted by molar-refractivity contribution is 6.42. The molecule has 1 aromatic heterocycles. The lowest BCUT2D eigenvalue weighted by atomic mass is 10.1. The van der Waals surface area contributed by atoms with Crippen LogP contribution in [0.1, 0.15) is 33.3 Å². The van der Waals surface area contributed by atoms with Gasteiger partial charge in [0.1, 0.15) is 5.56 Å². The molecule has 0 bridgehead atoms. The molecule has 6 nitrogen and oxygen atoms in total. The third-order valence-corrected chi connectivity index (χ3v) is 4.74. The van der Waals surface area contributed by atoms with Crippen LogP contribution in [-0.2, 0) is 17.8 Å². The number of hydrogen-bond donors (Lipinski definition) is 1. The number of aromatic nitrogens is 1. The number of hydrogen-bond acceptors (Lipinski definition) is 4. The van der Waals surface area contributed by atoms with Gasteiger partial charge in [0, 0.05) is 25.8 Å². The number of carbonyl (C=O) groups excluding carboxylic acids is 2. The molecule has 0 spiro atoms. The Kier molecular flexibility index (Phi) is 4.92. The average Bonchev–Trinajstić information content (AvgIpc) is 2.91. The molecule has 8 heteroatoms. The lowest BCUT2D eigenvalue weighted by molar-refractivity contribution is 0.0523. The summed E-state index contributed by atoms with van der Waals surface area (Å²) >= 11 is 11.9. The summed E-state index contributed by atoms with van der Waals surface area (Å²) in [6, 6.07) is 5.17. The van der Waals surface area contributed by atoms with Gasteiger partial charge in [-0.2, -0.15) is 0 Å². The molecule has 1 N–H and O–H groups in total. The van der Waals surface area contributed by atoms with Crippen molar-refractivity contribution in [2.45, 2.75) is 20.0 Å². The molecule has 1 aliphatic heterocycles.